The van der Waals surface area contributed by atoms with Gasteiger partial charge in [0.15, 0.2) is 0 Å². The van der Waals surface area contributed by atoms with E-state index in [4.69, 9.17) is 5.26 Å². The smallest absolute Gasteiger partial charge is 0.335 e. The van der Waals surface area contributed by atoms with E-state index < -0.39 is 11.8 Å². The van der Waals surface area contributed by atoms with Crippen molar-refractivity contribution in [3.05, 3.63) is 58.9 Å². The van der Waals surface area contributed by atoms with Crippen molar-refractivity contribution in [1.29, 1.82) is 5.26 Å². The van der Waals surface area contributed by atoms with Crippen LogP contribution < -0.4 is 0 Å². The maximum atomic E-state index is 14.2. The van der Waals surface area contributed by atoms with Crippen molar-refractivity contribution < 1.29 is 14.3 Å². The summed E-state index contributed by atoms with van der Waals surface area (Å²) in [6.45, 7) is 2.20. The molecule has 0 aliphatic heterocycles. The van der Waals surface area contributed by atoms with E-state index in [0.29, 0.717) is 11.1 Å². The Labute approximate surface area is 159 Å². The summed E-state index contributed by atoms with van der Waals surface area (Å²) >= 11 is 0. The number of rotatable bonds is 5. The third-order valence-corrected chi connectivity index (χ3v) is 5.69. The fraction of sp³-hybridized carbons (Fsp3) is 0.391. The van der Waals surface area contributed by atoms with Crippen molar-refractivity contribution in [2.45, 2.75) is 51.4 Å². The van der Waals surface area contributed by atoms with Gasteiger partial charge < -0.3 is 5.11 Å². The number of nitriles is 1. The van der Waals surface area contributed by atoms with E-state index >= 15 is 0 Å². The highest BCUT2D eigenvalue weighted by atomic mass is 19.1. The van der Waals surface area contributed by atoms with Crippen LogP contribution in [0.2, 0.25) is 0 Å². The zero-order valence-corrected chi connectivity index (χ0v) is 15.5. The molecule has 27 heavy (non-hydrogen) atoms. The molecule has 140 valence electrons. The van der Waals surface area contributed by atoms with Crippen molar-refractivity contribution in [3.63, 3.8) is 0 Å². The Morgan fingerprint density at radius 3 is 2.56 bits per heavy atom. The van der Waals surface area contributed by atoms with Crippen LogP contribution in [0, 0.1) is 23.1 Å². The van der Waals surface area contributed by atoms with Gasteiger partial charge in [0.05, 0.1) is 11.1 Å². The van der Waals surface area contributed by atoms with E-state index in [-0.39, 0.29) is 11.5 Å². The van der Waals surface area contributed by atoms with E-state index in [1.807, 2.05) is 12.1 Å². The van der Waals surface area contributed by atoms with Gasteiger partial charge in [-0.25, -0.2) is 9.18 Å². The van der Waals surface area contributed by atoms with Crippen LogP contribution in [0.25, 0.3) is 11.1 Å². The molecule has 1 aliphatic carbocycles. The fourth-order valence-corrected chi connectivity index (χ4v) is 4.36. The molecule has 1 fully saturated rings. The van der Waals surface area contributed by atoms with Gasteiger partial charge in [-0.3, -0.25) is 0 Å². The number of aromatic carboxylic acids is 1. The zero-order valence-electron chi connectivity index (χ0n) is 15.5. The predicted octanol–water partition coefficient (Wildman–Crippen LogP) is 6.14. The number of hydrogen-bond donors (Lipinski definition) is 1. The molecule has 0 aromatic heterocycles. The third-order valence-electron chi connectivity index (χ3n) is 5.69. The monoisotopic (exact) mass is 365 g/mol. The van der Waals surface area contributed by atoms with Crippen molar-refractivity contribution in [2.24, 2.45) is 5.92 Å². The van der Waals surface area contributed by atoms with Crippen molar-refractivity contribution in [3.8, 4) is 17.2 Å². The minimum absolute atomic E-state index is 0.00485. The van der Waals surface area contributed by atoms with Crippen LogP contribution in [0.15, 0.2) is 36.4 Å². The van der Waals surface area contributed by atoms with E-state index in [1.165, 1.54) is 25.0 Å². The first-order valence-electron chi connectivity index (χ1n) is 9.61. The lowest BCUT2D eigenvalue weighted by atomic mass is 9.74. The fourth-order valence-electron chi connectivity index (χ4n) is 4.36. The Morgan fingerprint density at radius 1 is 1.22 bits per heavy atom. The molecule has 0 radical (unpaired) electrons. The maximum Gasteiger partial charge on any atom is 0.335 e. The zero-order chi connectivity index (χ0) is 19.4. The van der Waals surface area contributed by atoms with E-state index in [2.05, 4.69) is 6.92 Å². The van der Waals surface area contributed by atoms with Gasteiger partial charge in [0.1, 0.15) is 11.9 Å². The molecule has 2 aromatic rings. The third kappa shape index (κ3) is 4.03. The molecule has 1 N–H and O–H groups in total. The van der Waals surface area contributed by atoms with E-state index in [9.17, 15) is 14.3 Å². The van der Waals surface area contributed by atoms with E-state index in [1.54, 1.807) is 18.2 Å². The van der Waals surface area contributed by atoms with Crippen LogP contribution in [0.4, 0.5) is 4.39 Å². The normalized spacial score (nSPS) is 19.4. The number of halogens is 1. The molecule has 2 aromatic carbocycles. The lowest BCUT2D eigenvalue weighted by molar-refractivity contribution is 0.0694. The van der Waals surface area contributed by atoms with Crippen molar-refractivity contribution >= 4 is 5.97 Å². The highest BCUT2D eigenvalue weighted by Gasteiger charge is 2.28. The quantitative estimate of drug-likeness (QED) is 0.692. The van der Waals surface area contributed by atoms with Crippen LogP contribution in [-0.2, 0) is 0 Å². The first-order chi connectivity index (χ1) is 13.0. The Kier molecular flexibility index (Phi) is 5.91. The molecular weight excluding hydrogens is 341 g/mol. The largest absolute Gasteiger partial charge is 0.478 e. The van der Waals surface area contributed by atoms with Crippen molar-refractivity contribution in [1.82, 2.24) is 0 Å². The Morgan fingerprint density at radius 2 is 1.96 bits per heavy atom. The molecule has 0 saturated heterocycles. The molecule has 4 heteroatoms. The SMILES string of the molecule is CCCC1CCC(c2c(C(=O)O)cccc2-c2ccc(C#N)c(F)c2)CC1. The van der Waals surface area contributed by atoms with Gasteiger partial charge in [-0.1, -0.05) is 38.0 Å². The lowest BCUT2D eigenvalue weighted by Gasteiger charge is -2.31. The molecule has 3 rings (SSSR count). The van der Waals surface area contributed by atoms with Gasteiger partial charge in [0, 0.05) is 0 Å². The number of hydrogen-bond acceptors (Lipinski definition) is 2. The molecule has 0 unspecified atom stereocenters. The second kappa shape index (κ2) is 8.35. The Hall–Kier alpha value is -2.67. The Bertz CT molecular complexity index is 876. The number of nitrogens with zero attached hydrogens (tertiary/aromatic N) is 1. The van der Waals surface area contributed by atoms with Crippen LogP contribution in [0.1, 0.15) is 72.9 Å². The topological polar surface area (TPSA) is 61.1 Å². The summed E-state index contributed by atoms with van der Waals surface area (Å²) in [7, 11) is 0. The number of carboxylic acid groups (broad SMARTS) is 1. The number of benzene rings is 2. The summed E-state index contributed by atoms with van der Waals surface area (Å²) in [6.07, 6.45) is 6.53. The number of carbonyl (C=O) groups is 1. The molecule has 1 aliphatic rings. The average Bonchev–Trinajstić information content (AvgIpc) is 2.68. The highest BCUT2D eigenvalue weighted by molar-refractivity contribution is 5.92. The molecule has 3 nitrogen and oxygen atoms in total. The van der Waals surface area contributed by atoms with E-state index in [0.717, 1.165) is 42.7 Å². The van der Waals surface area contributed by atoms with Gasteiger partial charge in [0.25, 0.3) is 0 Å². The molecule has 1 saturated carbocycles. The molecule has 0 spiro atoms. The average molecular weight is 365 g/mol. The first-order valence-corrected chi connectivity index (χ1v) is 9.61. The molecule has 0 bridgehead atoms. The summed E-state index contributed by atoms with van der Waals surface area (Å²) < 4.78 is 14.2. The minimum atomic E-state index is -0.948. The minimum Gasteiger partial charge on any atom is -0.478 e. The van der Waals surface area contributed by atoms with Crippen LogP contribution in [0.5, 0.6) is 0 Å². The highest BCUT2D eigenvalue weighted by Crippen LogP contribution is 2.42. The number of carboxylic acids is 1. The first kappa shape index (κ1) is 19.1. The standard InChI is InChI=1S/C23H24FNO2/c1-2-4-15-7-9-16(10-8-15)22-19(5-3-6-20(22)23(26)27)17-11-12-18(14-25)21(24)13-17/h3,5-6,11-13,15-16H,2,4,7-10H2,1H3,(H,26,27). The summed E-state index contributed by atoms with van der Waals surface area (Å²) in [4.78, 5) is 11.9. The van der Waals surface area contributed by atoms with Gasteiger partial charge in [-0.05, 0) is 72.4 Å². The van der Waals surface area contributed by atoms with Gasteiger partial charge >= 0.3 is 5.97 Å². The molecule has 0 heterocycles. The van der Waals surface area contributed by atoms with Crippen LogP contribution >= 0.6 is 0 Å². The van der Waals surface area contributed by atoms with Crippen molar-refractivity contribution in [2.75, 3.05) is 0 Å². The van der Waals surface area contributed by atoms with Gasteiger partial charge in [-0.2, -0.15) is 5.26 Å². The second-order valence-corrected chi connectivity index (χ2v) is 7.38. The lowest BCUT2D eigenvalue weighted by Crippen LogP contribution is -2.17. The summed E-state index contributed by atoms with van der Waals surface area (Å²) in [6, 6.07) is 11.5. The molecule has 0 atom stereocenters. The molecule has 0 amide bonds. The summed E-state index contributed by atoms with van der Waals surface area (Å²) in [5, 5.41) is 18.7. The molecular formula is C23H24FNO2. The maximum absolute atomic E-state index is 14.2. The Balaban J connectivity index is 2.03. The second-order valence-electron chi connectivity index (χ2n) is 7.38. The van der Waals surface area contributed by atoms with Gasteiger partial charge in [-0.15, -0.1) is 0 Å². The van der Waals surface area contributed by atoms with Crippen LogP contribution in [-0.4, -0.2) is 11.1 Å². The summed E-state index contributed by atoms with van der Waals surface area (Å²) in [5.41, 5.74) is 2.49. The summed E-state index contributed by atoms with van der Waals surface area (Å²) in [5.74, 6) is -0.636. The predicted molar refractivity (Wildman–Crippen MR) is 103 cm³/mol. The van der Waals surface area contributed by atoms with Gasteiger partial charge in [0.2, 0.25) is 0 Å². The van der Waals surface area contributed by atoms with Crippen LogP contribution in [0.3, 0.4) is 0 Å².